The highest BCUT2D eigenvalue weighted by Crippen LogP contribution is 2.43. The molecule has 5 heterocycles. The van der Waals surface area contributed by atoms with E-state index in [0.717, 1.165) is 67.6 Å². The number of aromatic nitrogens is 4. The summed E-state index contributed by atoms with van der Waals surface area (Å²) in [6.45, 7) is 5.35. The Bertz CT molecular complexity index is 1210. The highest BCUT2D eigenvalue weighted by molar-refractivity contribution is 6.30. The van der Waals surface area contributed by atoms with Crippen LogP contribution in [0.2, 0.25) is 5.02 Å². The zero-order chi connectivity index (χ0) is 21.2. The van der Waals surface area contributed by atoms with Crippen LogP contribution in [0.5, 0.6) is 0 Å². The third-order valence-corrected chi connectivity index (χ3v) is 6.64. The standard InChI is InChI=1S/C22H21ClN8/c1-28-9-15-7-16(23)5-6-18(15)31-20(10-28)26-27-21(31)30-13-22(14-30)11-29(12-22)19-4-2-3-17(8-24)25-19/h2-7H,9-14H2,1H3. The molecule has 6 rings (SSSR count). The van der Waals surface area contributed by atoms with E-state index in [1.807, 2.05) is 24.3 Å². The SMILES string of the molecule is CN1Cc2cc(Cl)ccc2-n2c(nnc2N2CC3(CN(c4cccc(C#N)n4)C3)C2)C1. The summed E-state index contributed by atoms with van der Waals surface area (Å²) in [5.74, 6) is 2.74. The van der Waals surface area contributed by atoms with Crippen molar-refractivity contribution in [2.75, 3.05) is 43.0 Å². The Morgan fingerprint density at radius 1 is 1.03 bits per heavy atom. The summed E-state index contributed by atoms with van der Waals surface area (Å²) in [4.78, 5) is 11.2. The average Bonchev–Trinajstić information content (AvgIpc) is 3.03. The Morgan fingerprint density at radius 2 is 1.84 bits per heavy atom. The average molecular weight is 433 g/mol. The predicted molar refractivity (Wildman–Crippen MR) is 117 cm³/mol. The lowest BCUT2D eigenvalue weighted by atomic mass is 9.73. The van der Waals surface area contributed by atoms with E-state index in [4.69, 9.17) is 16.9 Å². The third kappa shape index (κ3) is 2.96. The third-order valence-electron chi connectivity index (χ3n) is 6.41. The second-order valence-electron chi connectivity index (χ2n) is 8.90. The molecule has 9 heteroatoms. The van der Waals surface area contributed by atoms with E-state index in [2.05, 4.69) is 53.6 Å². The number of fused-ring (bicyclic) bond motifs is 3. The molecule has 2 fully saturated rings. The summed E-state index contributed by atoms with van der Waals surface area (Å²) in [5.41, 5.74) is 3.01. The molecule has 0 amide bonds. The molecule has 0 bridgehead atoms. The molecular weight excluding hydrogens is 412 g/mol. The fourth-order valence-electron chi connectivity index (χ4n) is 5.04. The van der Waals surface area contributed by atoms with Crippen molar-refractivity contribution in [2.45, 2.75) is 13.1 Å². The van der Waals surface area contributed by atoms with Gasteiger partial charge in [-0.05, 0) is 42.9 Å². The van der Waals surface area contributed by atoms with Gasteiger partial charge in [-0.15, -0.1) is 10.2 Å². The Hall–Kier alpha value is -3.15. The van der Waals surface area contributed by atoms with E-state index in [1.54, 1.807) is 6.07 Å². The van der Waals surface area contributed by atoms with Crippen molar-refractivity contribution in [3.05, 3.63) is 58.5 Å². The lowest BCUT2D eigenvalue weighted by Gasteiger charge is -2.60. The second kappa shape index (κ2) is 6.67. The van der Waals surface area contributed by atoms with Gasteiger partial charge in [-0.25, -0.2) is 4.98 Å². The molecule has 3 aromatic rings. The van der Waals surface area contributed by atoms with Gasteiger partial charge in [0.2, 0.25) is 5.95 Å². The molecule has 0 unspecified atom stereocenters. The largest absolute Gasteiger partial charge is 0.355 e. The first-order valence-corrected chi connectivity index (χ1v) is 10.7. The van der Waals surface area contributed by atoms with Gasteiger partial charge in [0.15, 0.2) is 5.82 Å². The first kappa shape index (κ1) is 18.6. The molecule has 0 aliphatic carbocycles. The minimum atomic E-state index is 0.251. The maximum Gasteiger partial charge on any atom is 0.231 e. The summed E-state index contributed by atoms with van der Waals surface area (Å²) < 4.78 is 2.19. The van der Waals surface area contributed by atoms with Crippen LogP contribution in [-0.4, -0.2) is 57.9 Å². The molecule has 156 valence electrons. The quantitative estimate of drug-likeness (QED) is 0.615. The molecule has 0 radical (unpaired) electrons. The van der Waals surface area contributed by atoms with Gasteiger partial charge in [0.05, 0.1) is 12.2 Å². The normalized spacial score (nSPS) is 19.1. The number of hydrogen-bond acceptors (Lipinski definition) is 7. The van der Waals surface area contributed by atoms with Crippen molar-refractivity contribution in [3.8, 4) is 11.8 Å². The van der Waals surface area contributed by atoms with Gasteiger partial charge in [-0.3, -0.25) is 9.47 Å². The minimum Gasteiger partial charge on any atom is -0.355 e. The lowest BCUT2D eigenvalue weighted by Crippen LogP contribution is -2.73. The lowest BCUT2D eigenvalue weighted by molar-refractivity contribution is 0.153. The van der Waals surface area contributed by atoms with Crippen LogP contribution in [-0.2, 0) is 13.1 Å². The van der Waals surface area contributed by atoms with Crippen molar-refractivity contribution in [3.63, 3.8) is 0 Å². The number of benzene rings is 1. The Labute approximate surface area is 185 Å². The molecular formula is C22H21ClN8. The van der Waals surface area contributed by atoms with Crippen molar-refractivity contribution >= 4 is 23.4 Å². The number of anilines is 2. The van der Waals surface area contributed by atoms with E-state index in [1.165, 1.54) is 5.56 Å². The summed E-state index contributed by atoms with van der Waals surface area (Å²) in [6.07, 6.45) is 0. The molecule has 0 saturated carbocycles. The van der Waals surface area contributed by atoms with E-state index in [9.17, 15) is 0 Å². The topological polar surface area (TPSA) is 77.1 Å². The van der Waals surface area contributed by atoms with Gasteiger partial charge in [-0.1, -0.05) is 17.7 Å². The number of pyridine rings is 1. The highest BCUT2D eigenvalue weighted by Gasteiger charge is 2.53. The molecule has 1 spiro atoms. The van der Waals surface area contributed by atoms with Crippen LogP contribution in [0, 0.1) is 16.7 Å². The Balaban J connectivity index is 1.23. The minimum absolute atomic E-state index is 0.251. The molecule has 3 aliphatic heterocycles. The van der Waals surface area contributed by atoms with Gasteiger partial charge < -0.3 is 9.80 Å². The van der Waals surface area contributed by atoms with Crippen molar-refractivity contribution < 1.29 is 0 Å². The van der Waals surface area contributed by atoms with E-state index in [-0.39, 0.29) is 5.41 Å². The highest BCUT2D eigenvalue weighted by atomic mass is 35.5. The van der Waals surface area contributed by atoms with Gasteiger partial charge in [0, 0.05) is 43.2 Å². The number of rotatable bonds is 2. The fraction of sp³-hybridized carbons (Fsp3) is 0.364. The number of halogens is 1. The maximum atomic E-state index is 9.09. The smallest absolute Gasteiger partial charge is 0.231 e. The van der Waals surface area contributed by atoms with Crippen LogP contribution in [0.3, 0.4) is 0 Å². The van der Waals surface area contributed by atoms with Crippen molar-refractivity contribution in [2.24, 2.45) is 5.41 Å². The number of nitriles is 1. The monoisotopic (exact) mass is 432 g/mol. The molecule has 8 nitrogen and oxygen atoms in total. The van der Waals surface area contributed by atoms with E-state index < -0.39 is 0 Å². The molecule has 3 aliphatic rings. The van der Waals surface area contributed by atoms with E-state index in [0.29, 0.717) is 5.69 Å². The summed E-state index contributed by atoms with van der Waals surface area (Å²) in [6, 6.07) is 13.8. The number of nitrogens with zero attached hydrogens (tertiary/aromatic N) is 8. The zero-order valence-electron chi connectivity index (χ0n) is 17.2. The molecule has 2 aromatic heterocycles. The van der Waals surface area contributed by atoms with Crippen LogP contribution in [0.25, 0.3) is 5.69 Å². The van der Waals surface area contributed by atoms with Crippen LogP contribution >= 0.6 is 11.6 Å². The van der Waals surface area contributed by atoms with Crippen molar-refractivity contribution in [1.82, 2.24) is 24.6 Å². The molecule has 2 saturated heterocycles. The van der Waals surface area contributed by atoms with Crippen LogP contribution in [0.15, 0.2) is 36.4 Å². The van der Waals surface area contributed by atoms with Crippen LogP contribution in [0.4, 0.5) is 11.8 Å². The molecule has 0 atom stereocenters. The van der Waals surface area contributed by atoms with Gasteiger partial charge >= 0.3 is 0 Å². The van der Waals surface area contributed by atoms with Gasteiger partial charge in [0.25, 0.3) is 0 Å². The zero-order valence-corrected chi connectivity index (χ0v) is 17.9. The Morgan fingerprint density at radius 3 is 2.65 bits per heavy atom. The predicted octanol–water partition coefficient (Wildman–Crippen LogP) is 2.46. The van der Waals surface area contributed by atoms with Crippen LogP contribution in [0.1, 0.15) is 17.1 Å². The second-order valence-corrected chi connectivity index (χ2v) is 9.34. The first-order chi connectivity index (χ1) is 15.0. The molecule has 0 N–H and O–H groups in total. The first-order valence-electron chi connectivity index (χ1n) is 10.3. The van der Waals surface area contributed by atoms with Gasteiger partial charge in [0.1, 0.15) is 17.6 Å². The maximum absolute atomic E-state index is 9.09. The number of hydrogen-bond donors (Lipinski definition) is 0. The summed E-state index contributed by atoms with van der Waals surface area (Å²) in [7, 11) is 2.09. The molecule has 31 heavy (non-hydrogen) atoms. The molecule has 1 aromatic carbocycles. The van der Waals surface area contributed by atoms with E-state index >= 15 is 0 Å². The Kier molecular flexibility index (Phi) is 4.01. The van der Waals surface area contributed by atoms with Crippen molar-refractivity contribution in [1.29, 1.82) is 5.26 Å². The summed E-state index contributed by atoms with van der Waals surface area (Å²) >= 11 is 6.27. The summed E-state index contributed by atoms with van der Waals surface area (Å²) in [5, 5.41) is 18.9. The fourth-order valence-corrected chi connectivity index (χ4v) is 5.23. The van der Waals surface area contributed by atoms with Crippen LogP contribution < -0.4 is 9.80 Å². The van der Waals surface area contributed by atoms with Gasteiger partial charge in [-0.2, -0.15) is 5.26 Å².